The van der Waals surface area contributed by atoms with Crippen molar-refractivity contribution in [1.29, 1.82) is 0 Å². The third-order valence-corrected chi connectivity index (χ3v) is 10.8. The van der Waals surface area contributed by atoms with Gasteiger partial charge in [0.2, 0.25) is 0 Å². The monoisotopic (exact) mass is 656 g/mol. The van der Waals surface area contributed by atoms with E-state index in [1.807, 2.05) is 0 Å². The SMILES string of the molecule is CCCCCCCCCCCCCCCC[n+]1ccn(C(C)CCCCCCCCC)c1CCC(Cc1ccccc1)c1ccccc1. The zero-order chi connectivity index (χ0) is 33.9. The highest BCUT2D eigenvalue weighted by Crippen LogP contribution is 2.27. The first kappa shape index (κ1) is 40.1. The first-order valence-electron chi connectivity index (χ1n) is 20.9. The molecule has 1 aromatic heterocycles. The summed E-state index contributed by atoms with van der Waals surface area (Å²) in [6.07, 6.45) is 39.1. The van der Waals surface area contributed by atoms with E-state index in [1.54, 1.807) is 5.82 Å². The van der Waals surface area contributed by atoms with Gasteiger partial charge in [0, 0.05) is 6.42 Å². The maximum Gasteiger partial charge on any atom is 0.256 e. The van der Waals surface area contributed by atoms with Crippen LogP contribution in [0, 0.1) is 0 Å². The summed E-state index contributed by atoms with van der Waals surface area (Å²) in [4.78, 5) is 0. The Hall–Kier alpha value is -2.35. The summed E-state index contributed by atoms with van der Waals surface area (Å²) in [5.74, 6) is 2.08. The van der Waals surface area contributed by atoms with E-state index in [-0.39, 0.29) is 0 Å². The molecule has 2 atom stereocenters. The van der Waals surface area contributed by atoms with Crippen molar-refractivity contribution >= 4 is 0 Å². The average Bonchev–Trinajstić information content (AvgIpc) is 3.53. The lowest BCUT2D eigenvalue weighted by Crippen LogP contribution is -2.38. The molecule has 0 N–H and O–H groups in total. The van der Waals surface area contributed by atoms with Gasteiger partial charge in [-0.15, -0.1) is 0 Å². The predicted octanol–water partition coefficient (Wildman–Crippen LogP) is 13.9. The molecule has 0 aliphatic heterocycles. The van der Waals surface area contributed by atoms with Gasteiger partial charge in [0.05, 0.1) is 12.6 Å². The van der Waals surface area contributed by atoms with E-state index >= 15 is 0 Å². The van der Waals surface area contributed by atoms with Crippen molar-refractivity contribution in [3.63, 3.8) is 0 Å². The van der Waals surface area contributed by atoms with Gasteiger partial charge in [0.15, 0.2) is 0 Å². The van der Waals surface area contributed by atoms with Gasteiger partial charge in [-0.1, -0.05) is 190 Å². The lowest BCUT2D eigenvalue weighted by atomic mass is 9.88. The summed E-state index contributed by atoms with van der Waals surface area (Å²) in [5, 5.41) is 0. The zero-order valence-electron chi connectivity index (χ0n) is 31.9. The molecule has 0 spiro atoms. The molecule has 3 aromatic rings. The number of unbranched alkanes of at least 4 members (excludes halogenated alkanes) is 19. The molecule has 268 valence electrons. The van der Waals surface area contributed by atoms with Crippen molar-refractivity contribution in [2.75, 3.05) is 0 Å². The molecule has 0 bridgehead atoms. The van der Waals surface area contributed by atoms with Gasteiger partial charge >= 0.3 is 0 Å². The van der Waals surface area contributed by atoms with Crippen molar-refractivity contribution < 1.29 is 4.57 Å². The van der Waals surface area contributed by atoms with Crippen LogP contribution in [-0.2, 0) is 19.4 Å². The molecule has 2 nitrogen and oxygen atoms in total. The predicted molar refractivity (Wildman–Crippen MR) is 210 cm³/mol. The Bertz CT molecular complexity index is 1130. The standard InChI is InChI=1S/C46H75N2/c1-4-6-8-10-12-13-14-15-16-17-18-20-22-30-38-47-39-40-48(42(3)31-25-21-19-11-9-7-5-2)46(47)37-36-45(44-34-28-24-29-35-44)41-43-32-26-23-27-33-43/h23-24,26-29,32-35,39-40,42,45H,4-22,25,30-31,36-38,41H2,1-3H3/q+1. The van der Waals surface area contributed by atoms with Crippen LogP contribution in [-0.4, -0.2) is 4.57 Å². The summed E-state index contributed by atoms with van der Waals surface area (Å²) >= 11 is 0. The van der Waals surface area contributed by atoms with Gasteiger partial charge in [-0.2, -0.15) is 0 Å². The highest BCUT2D eigenvalue weighted by atomic mass is 15.2. The molecular formula is C46H75N2+. The fraction of sp³-hybridized carbons (Fsp3) is 0.674. The number of hydrogen-bond acceptors (Lipinski definition) is 0. The lowest BCUT2D eigenvalue weighted by Gasteiger charge is -2.18. The first-order chi connectivity index (χ1) is 23.7. The number of benzene rings is 2. The molecule has 0 aliphatic carbocycles. The van der Waals surface area contributed by atoms with Crippen LogP contribution in [0.25, 0.3) is 0 Å². The number of aromatic nitrogens is 2. The Labute approximate surface area is 298 Å². The van der Waals surface area contributed by atoms with Crippen LogP contribution in [0.15, 0.2) is 73.1 Å². The summed E-state index contributed by atoms with van der Waals surface area (Å²) < 4.78 is 5.29. The summed E-state index contributed by atoms with van der Waals surface area (Å²) in [6.45, 7) is 8.25. The van der Waals surface area contributed by atoms with E-state index in [9.17, 15) is 0 Å². The van der Waals surface area contributed by atoms with Crippen LogP contribution in [0.4, 0.5) is 0 Å². The number of nitrogens with zero attached hydrogens (tertiary/aromatic N) is 2. The maximum absolute atomic E-state index is 2.66. The largest absolute Gasteiger partial charge is 0.256 e. The van der Waals surface area contributed by atoms with Crippen LogP contribution < -0.4 is 4.57 Å². The van der Waals surface area contributed by atoms with E-state index in [0.29, 0.717) is 12.0 Å². The van der Waals surface area contributed by atoms with E-state index in [4.69, 9.17) is 0 Å². The number of rotatable bonds is 30. The minimum Gasteiger partial charge on any atom is -0.234 e. The van der Waals surface area contributed by atoms with Crippen molar-refractivity contribution in [2.24, 2.45) is 0 Å². The van der Waals surface area contributed by atoms with Crippen LogP contribution in [0.2, 0.25) is 0 Å². The first-order valence-corrected chi connectivity index (χ1v) is 20.9. The van der Waals surface area contributed by atoms with E-state index < -0.39 is 0 Å². The molecule has 3 rings (SSSR count). The second-order valence-electron chi connectivity index (χ2n) is 15.0. The Morgan fingerprint density at radius 2 is 1.02 bits per heavy atom. The van der Waals surface area contributed by atoms with Crippen molar-refractivity contribution in [3.05, 3.63) is 90.0 Å². The van der Waals surface area contributed by atoms with E-state index in [0.717, 1.165) is 12.8 Å². The average molecular weight is 656 g/mol. The Balaban J connectivity index is 1.51. The van der Waals surface area contributed by atoms with Crippen molar-refractivity contribution in [2.45, 2.75) is 200 Å². The van der Waals surface area contributed by atoms with Gasteiger partial charge in [-0.3, -0.25) is 0 Å². The topological polar surface area (TPSA) is 8.81 Å². The van der Waals surface area contributed by atoms with E-state index in [1.165, 1.54) is 165 Å². The molecule has 0 saturated carbocycles. The van der Waals surface area contributed by atoms with Crippen LogP contribution in [0.3, 0.4) is 0 Å². The summed E-state index contributed by atoms with van der Waals surface area (Å²) in [7, 11) is 0. The van der Waals surface area contributed by atoms with Crippen molar-refractivity contribution in [3.8, 4) is 0 Å². The number of hydrogen-bond donors (Lipinski definition) is 0. The van der Waals surface area contributed by atoms with Crippen LogP contribution in [0.5, 0.6) is 0 Å². The number of aryl methyl sites for hydroxylation is 1. The van der Waals surface area contributed by atoms with Gasteiger partial charge < -0.3 is 0 Å². The molecule has 1 heterocycles. The minimum absolute atomic E-state index is 0.532. The van der Waals surface area contributed by atoms with Gasteiger partial charge in [0.1, 0.15) is 12.4 Å². The molecular weight excluding hydrogens is 581 g/mol. The Morgan fingerprint density at radius 1 is 0.542 bits per heavy atom. The van der Waals surface area contributed by atoms with E-state index in [2.05, 4.69) is 103 Å². The minimum atomic E-state index is 0.532. The zero-order valence-corrected chi connectivity index (χ0v) is 31.9. The Kier molecular flexibility index (Phi) is 22.1. The normalized spacial score (nSPS) is 12.8. The summed E-state index contributed by atoms with van der Waals surface area (Å²) in [6, 6.07) is 23.0. The van der Waals surface area contributed by atoms with Gasteiger partial charge in [0.25, 0.3) is 5.82 Å². The molecule has 48 heavy (non-hydrogen) atoms. The van der Waals surface area contributed by atoms with Gasteiger partial charge in [-0.05, 0) is 62.5 Å². The van der Waals surface area contributed by atoms with Crippen LogP contribution >= 0.6 is 0 Å². The fourth-order valence-electron chi connectivity index (χ4n) is 7.68. The fourth-order valence-corrected chi connectivity index (χ4v) is 7.68. The molecule has 2 unspecified atom stereocenters. The highest BCUT2D eigenvalue weighted by Gasteiger charge is 2.23. The number of imidazole rings is 1. The molecule has 0 saturated heterocycles. The Morgan fingerprint density at radius 3 is 1.56 bits per heavy atom. The molecule has 0 amide bonds. The molecule has 2 aromatic carbocycles. The lowest BCUT2D eigenvalue weighted by molar-refractivity contribution is -0.704. The third kappa shape index (κ3) is 16.8. The second kappa shape index (κ2) is 26.5. The maximum atomic E-state index is 2.66. The smallest absolute Gasteiger partial charge is 0.234 e. The molecule has 0 fully saturated rings. The van der Waals surface area contributed by atoms with Crippen molar-refractivity contribution in [1.82, 2.24) is 4.57 Å². The van der Waals surface area contributed by atoms with Gasteiger partial charge in [-0.25, -0.2) is 9.13 Å². The molecule has 0 radical (unpaired) electrons. The third-order valence-electron chi connectivity index (χ3n) is 10.8. The quantitative estimate of drug-likeness (QED) is 0.0499. The molecule has 2 heteroatoms. The molecule has 0 aliphatic rings. The van der Waals surface area contributed by atoms with Crippen LogP contribution in [0.1, 0.15) is 197 Å². The summed E-state index contributed by atoms with van der Waals surface area (Å²) in [5.41, 5.74) is 2.93. The second-order valence-corrected chi connectivity index (χ2v) is 15.0. The highest BCUT2D eigenvalue weighted by molar-refractivity contribution is 5.24.